The van der Waals surface area contributed by atoms with E-state index in [1.807, 2.05) is 44.5 Å². The number of alkyl carbamates (subject to hydrolysis) is 1. The molecule has 0 radical (unpaired) electrons. The number of phenols is 1. The van der Waals surface area contributed by atoms with Crippen LogP contribution in [-0.4, -0.2) is 45.3 Å². The fourth-order valence-electron chi connectivity index (χ4n) is 5.11. The maximum absolute atomic E-state index is 14.5. The Morgan fingerprint density at radius 1 is 1.24 bits per heavy atom. The second-order valence-corrected chi connectivity index (χ2v) is 11.2. The summed E-state index contributed by atoms with van der Waals surface area (Å²) in [6.07, 6.45) is 5.99. The molecule has 2 heterocycles. The van der Waals surface area contributed by atoms with Crippen molar-refractivity contribution >= 4 is 17.0 Å². The van der Waals surface area contributed by atoms with Gasteiger partial charge in [-0.15, -0.1) is 0 Å². The minimum absolute atomic E-state index is 0.0234. The van der Waals surface area contributed by atoms with Gasteiger partial charge in [-0.05, 0) is 87.4 Å². The number of rotatable bonds is 6. The molecule has 1 saturated heterocycles. The maximum Gasteiger partial charge on any atom is 0.407 e. The van der Waals surface area contributed by atoms with Gasteiger partial charge in [0.2, 0.25) is 0 Å². The lowest BCUT2D eigenvalue weighted by Crippen LogP contribution is -2.50. The number of amides is 1. The number of phenolic OH excluding ortho intramolecular Hbond substituents is 1. The summed E-state index contributed by atoms with van der Waals surface area (Å²) in [5, 5.41) is 18.3. The van der Waals surface area contributed by atoms with Crippen molar-refractivity contribution in [2.75, 3.05) is 6.61 Å². The van der Waals surface area contributed by atoms with E-state index >= 15 is 0 Å². The molecule has 9 heteroatoms. The van der Waals surface area contributed by atoms with Crippen LogP contribution < -0.4 is 10.1 Å². The fourth-order valence-corrected chi connectivity index (χ4v) is 5.11. The Balaban J connectivity index is 1.45. The number of aromatic nitrogens is 2. The van der Waals surface area contributed by atoms with Crippen LogP contribution in [0, 0.1) is 5.82 Å². The lowest BCUT2D eigenvalue weighted by Gasteiger charge is -2.36. The zero-order chi connectivity index (χ0) is 27.0. The van der Waals surface area contributed by atoms with E-state index in [1.54, 1.807) is 6.20 Å². The quantitative estimate of drug-likeness (QED) is 0.395. The summed E-state index contributed by atoms with van der Waals surface area (Å²) in [6, 6.07) is 6.74. The van der Waals surface area contributed by atoms with Crippen molar-refractivity contribution < 1.29 is 28.5 Å². The van der Waals surface area contributed by atoms with Crippen molar-refractivity contribution in [2.45, 2.75) is 90.2 Å². The molecule has 1 amide bonds. The molecule has 2 N–H and O–H groups in total. The van der Waals surface area contributed by atoms with Gasteiger partial charge in [0.05, 0.1) is 17.1 Å². The number of hydrogen-bond acceptors (Lipinski definition) is 6. The van der Waals surface area contributed by atoms with Crippen molar-refractivity contribution in [3.05, 3.63) is 41.8 Å². The van der Waals surface area contributed by atoms with Gasteiger partial charge in [0.25, 0.3) is 0 Å². The Bertz CT molecular complexity index is 1320. The monoisotopic (exact) mass is 525 g/mol. The van der Waals surface area contributed by atoms with E-state index in [-0.39, 0.29) is 24.1 Å². The molecule has 1 atom stereocenters. The molecular formula is C29H36FN3O5. The van der Waals surface area contributed by atoms with Crippen molar-refractivity contribution in [3.8, 4) is 22.6 Å². The highest BCUT2D eigenvalue weighted by Gasteiger charge is 2.34. The van der Waals surface area contributed by atoms with Crippen LogP contribution in [0.15, 0.2) is 30.5 Å². The highest BCUT2D eigenvalue weighted by atomic mass is 19.1. The van der Waals surface area contributed by atoms with E-state index in [9.17, 15) is 14.3 Å². The van der Waals surface area contributed by atoms with Gasteiger partial charge in [-0.1, -0.05) is 6.92 Å². The number of ether oxygens (including phenoxy) is 3. The van der Waals surface area contributed by atoms with E-state index in [0.29, 0.717) is 37.2 Å². The first-order chi connectivity index (χ1) is 18.1. The highest BCUT2D eigenvalue weighted by Crippen LogP contribution is 2.39. The van der Waals surface area contributed by atoms with Gasteiger partial charge < -0.3 is 24.6 Å². The third kappa shape index (κ3) is 5.57. The maximum atomic E-state index is 14.5. The molecule has 2 aliphatic rings. The summed E-state index contributed by atoms with van der Waals surface area (Å²) in [6.45, 7) is 8.16. The van der Waals surface area contributed by atoms with Gasteiger partial charge >= 0.3 is 6.09 Å². The molecular weight excluding hydrogens is 489 g/mol. The fraction of sp³-hybridized carbons (Fsp3) is 0.517. The number of halogens is 1. The van der Waals surface area contributed by atoms with E-state index in [1.165, 1.54) is 12.1 Å². The van der Waals surface area contributed by atoms with Crippen molar-refractivity contribution in [3.63, 3.8) is 0 Å². The Morgan fingerprint density at radius 3 is 2.71 bits per heavy atom. The lowest BCUT2D eigenvalue weighted by atomic mass is 9.89. The molecule has 2 fully saturated rings. The first-order valence-corrected chi connectivity index (χ1v) is 13.4. The van der Waals surface area contributed by atoms with Gasteiger partial charge in [0, 0.05) is 25.5 Å². The number of nitrogens with one attached hydrogen (secondary N) is 1. The number of hydrogen-bond donors (Lipinski definition) is 2. The number of aryl methyl sites for hydroxylation is 1. The Hall–Kier alpha value is -3.33. The zero-order valence-electron chi connectivity index (χ0n) is 22.4. The molecule has 0 bridgehead atoms. The van der Waals surface area contributed by atoms with E-state index in [4.69, 9.17) is 14.2 Å². The normalized spacial score (nSPS) is 21.7. The summed E-state index contributed by atoms with van der Waals surface area (Å²) in [5.41, 5.74) is 2.61. The number of carbonyl (C=O) groups excluding carboxylic acids is 1. The van der Waals surface area contributed by atoms with Crippen LogP contribution in [0.3, 0.4) is 0 Å². The van der Waals surface area contributed by atoms with Gasteiger partial charge in [0.1, 0.15) is 17.5 Å². The Morgan fingerprint density at radius 2 is 2.03 bits per heavy atom. The van der Waals surface area contributed by atoms with Crippen molar-refractivity contribution in [1.82, 2.24) is 15.1 Å². The predicted octanol–water partition coefficient (Wildman–Crippen LogP) is 6.24. The van der Waals surface area contributed by atoms with Gasteiger partial charge in [-0.3, -0.25) is 0 Å². The Labute approximate surface area is 222 Å². The second-order valence-electron chi connectivity index (χ2n) is 11.2. The zero-order valence-corrected chi connectivity index (χ0v) is 22.4. The number of aromatic hydroxyl groups is 1. The first kappa shape index (κ1) is 26.3. The van der Waals surface area contributed by atoms with Crippen LogP contribution in [0.1, 0.15) is 71.6 Å². The van der Waals surface area contributed by atoms with Crippen molar-refractivity contribution in [2.24, 2.45) is 0 Å². The molecule has 1 unspecified atom stereocenters. The van der Waals surface area contributed by atoms with Crippen LogP contribution in [0.2, 0.25) is 0 Å². The topological polar surface area (TPSA) is 94.8 Å². The van der Waals surface area contributed by atoms with E-state index < -0.39 is 17.5 Å². The minimum Gasteiger partial charge on any atom is -0.505 e. The lowest BCUT2D eigenvalue weighted by molar-refractivity contribution is -0.0366. The summed E-state index contributed by atoms with van der Waals surface area (Å²) in [5.74, 6) is -0.378. The molecule has 2 aromatic carbocycles. The number of carbonyl (C=O) groups is 1. The van der Waals surface area contributed by atoms with Crippen LogP contribution in [0.4, 0.5) is 9.18 Å². The smallest absolute Gasteiger partial charge is 0.407 e. The van der Waals surface area contributed by atoms with Crippen LogP contribution in [0.25, 0.3) is 22.0 Å². The van der Waals surface area contributed by atoms with E-state index in [0.717, 1.165) is 41.3 Å². The standard InChI is InChI=1S/C29H36FN3O5/c1-5-17-11-25(34)23(30)15-21(17)18-10-24-22(16-31-33(24)27-8-6-7-9-36-27)26(12-18)37-20-13-19(14-20)32-28(35)38-29(2,3)4/h10-12,15-16,19-20,27,34H,5-9,13-14H2,1-4H3,(H,32,35)/t19-,20-,27?. The Kier molecular flexibility index (Phi) is 7.22. The average Bonchev–Trinajstić information content (AvgIpc) is 3.27. The molecule has 5 rings (SSSR count). The summed E-state index contributed by atoms with van der Waals surface area (Å²) in [4.78, 5) is 12.1. The first-order valence-electron chi connectivity index (χ1n) is 13.4. The third-order valence-corrected chi connectivity index (χ3v) is 7.08. The van der Waals surface area contributed by atoms with Crippen molar-refractivity contribution in [1.29, 1.82) is 0 Å². The molecule has 1 saturated carbocycles. The average molecular weight is 526 g/mol. The van der Waals surface area contributed by atoms with Crippen LogP contribution in [-0.2, 0) is 15.9 Å². The van der Waals surface area contributed by atoms with E-state index in [2.05, 4.69) is 10.4 Å². The molecule has 1 aliphatic carbocycles. The van der Waals surface area contributed by atoms with Crippen LogP contribution in [0.5, 0.6) is 11.5 Å². The summed E-state index contributed by atoms with van der Waals surface area (Å²) in [7, 11) is 0. The molecule has 1 aliphatic heterocycles. The van der Waals surface area contributed by atoms with Gasteiger partial charge in [0.15, 0.2) is 17.8 Å². The summed E-state index contributed by atoms with van der Waals surface area (Å²) >= 11 is 0. The molecule has 204 valence electrons. The minimum atomic E-state index is -0.668. The number of fused-ring (bicyclic) bond motifs is 1. The molecule has 1 aromatic heterocycles. The second kappa shape index (κ2) is 10.4. The molecule has 0 spiro atoms. The number of benzene rings is 2. The summed E-state index contributed by atoms with van der Waals surface area (Å²) < 4.78 is 34.2. The molecule has 8 nitrogen and oxygen atoms in total. The van der Waals surface area contributed by atoms with Gasteiger partial charge in [-0.2, -0.15) is 5.10 Å². The molecule has 3 aromatic rings. The highest BCUT2D eigenvalue weighted by molar-refractivity contribution is 5.91. The van der Waals surface area contributed by atoms with Crippen LogP contribution >= 0.6 is 0 Å². The predicted molar refractivity (Wildman–Crippen MR) is 142 cm³/mol. The van der Waals surface area contributed by atoms with Gasteiger partial charge in [-0.25, -0.2) is 13.9 Å². The molecule has 38 heavy (non-hydrogen) atoms. The third-order valence-electron chi connectivity index (χ3n) is 7.08. The largest absolute Gasteiger partial charge is 0.505 e. The SMILES string of the molecule is CCc1cc(O)c(F)cc1-c1cc(O[C@H]2C[C@H](NC(=O)OC(C)(C)C)C2)c2cnn(C3CCCCO3)c2c1. The number of nitrogens with zero attached hydrogens (tertiary/aromatic N) is 2.